The summed E-state index contributed by atoms with van der Waals surface area (Å²) in [7, 11) is 0. The van der Waals surface area contributed by atoms with Gasteiger partial charge in [0.2, 0.25) is 0 Å². The van der Waals surface area contributed by atoms with Gasteiger partial charge in [-0.1, -0.05) is 63.1 Å². The molecule has 17 heavy (non-hydrogen) atoms. The van der Waals surface area contributed by atoms with Gasteiger partial charge in [-0.2, -0.15) is 0 Å². The summed E-state index contributed by atoms with van der Waals surface area (Å²) in [4.78, 5) is 0. The molecule has 1 saturated carbocycles. The maximum atomic E-state index is 3.88. The van der Waals surface area contributed by atoms with Gasteiger partial charge in [-0.15, -0.1) is 0 Å². The van der Waals surface area contributed by atoms with Gasteiger partial charge < -0.3 is 0 Å². The van der Waals surface area contributed by atoms with Crippen molar-refractivity contribution in [2.24, 2.45) is 11.8 Å². The largest absolute Gasteiger partial charge is 0.0982 e. The second-order valence-corrected chi connectivity index (χ2v) is 5.32. The molecule has 94 valence electrons. The molecule has 0 saturated heterocycles. The zero-order chi connectivity index (χ0) is 12.5. The van der Waals surface area contributed by atoms with Gasteiger partial charge in [-0.25, -0.2) is 0 Å². The molecule has 2 unspecified atom stereocenters. The highest BCUT2D eigenvalue weighted by molar-refractivity contribution is 5.15. The summed E-state index contributed by atoms with van der Waals surface area (Å²) in [6.07, 6.45) is 13.4. The SMILES string of the molecule is C=CC(=C=C=CC)CC1CCCCC(C)CC1. The van der Waals surface area contributed by atoms with Gasteiger partial charge in [-0.05, 0) is 37.7 Å². The topological polar surface area (TPSA) is 0 Å². The van der Waals surface area contributed by atoms with Crippen molar-refractivity contribution in [2.45, 2.75) is 58.8 Å². The lowest BCUT2D eigenvalue weighted by atomic mass is 9.83. The lowest BCUT2D eigenvalue weighted by molar-refractivity contribution is 0.325. The van der Waals surface area contributed by atoms with E-state index in [2.05, 4.69) is 25.0 Å². The van der Waals surface area contributed by atoms with Crippen molar-refractivity contribution in [2.75, 3.05) is 0 Å². The summed E-state index contributed by atoms with van der Waals surface area (Å²) in [5.41, 5.74) is 7.47. The van der Waals surface area contributed by atoms with E-state index in [0.29, 0.717) is 0 Å². The molecule has 0 aliphatic heterocycles. The van der Waals surface area contributed by atoms with Gasteiger partial charge in [0.1, 0.15) is 0 Å². The summed E-state index contributed by atoms with van der Waals surface area (Å²) in [6.45, 7) is 8.26. The standard InChI is InChI=1S/C17H26/c1-4-6-10-16(5-2)14-17-11-8-7-9-15(3)12-13-17/h4-5,15,17H,2,7-9,11-14H2,1,3H3. The van der Waals surface area contributed by atoms with Crippen LogP contribution in [0, 0.1) is 11.8 Å². The van der Waals surface area contributed by atoms with Crippen LogP contribution in [0.3, 0.4) is 0 Å². The van der Waals surface area contributed by atoms with Gasteiger partial charge in [0.25, 0.3) is 0 Å². The van der Waals surface area contributed by atoms with Gasteiger partial charge in [0, 0.05) is 5.57 Å². The second-order valence-electron chi connectivity index (χ2n) is 5.32. The summed E-state index contributed by atoms with van der Waals surface area (Å²) in [6, 6.07) is 0. The summed E-state index contributed by atoms with van der Waals surface area (Å²) >= 11 is 0. The van der Waals surface area contributed by atoms with E-state index in [9.17, 15) is 0 Å². The van der Waals surface area contributed by atoms with Gasteiger partial charge in [0.15, 0.2) is 0 Å². The van der Waals surface area contributed by atoms with Gasteiger partial charge in [0.05, 0.1) is 0 Å². The molecule has 0 N–H and O–H groups in total. The van der Waals surface area contributed by atoms with Gasteiger partial charge >= 0.3 is 0 Å². The molecule has 0 amide bonds. The minimum Gasteiger partial charge on any atom is -0.0982 e. The molecular weight excluding hydrogens is 204 g/mol. The first-order valence-corrected chi connectivity index (χ1v) is 7.04. The summed E-state index contributed by atoms with van der Waals surface area (Å²) in [5.74, 6) is 1.75. The summed E-state index contributed by atoms with van der Waals surface area (Å²) in [5, 5.41) is 0. The van der Waals surface area contributed by atoms with Gasteiger partial charge in [-0.3, -0.25) is 0 Å². The van der Waals surface area contributed by atoms with Crippen LogP contribution in [0.15, 0.2) is 35.8 Å². The molecule has 0 heterocycles. The van der Waals surface area contributed by atoms with E-state index in [0.717, 1.165) is 18.3 Å². The van der Waals surface area contributed by atoms with Crippen LogP contribution in [-0.4, -0.2) is 0 Å². The van der Waals surface area contributed by atoms with Crippen molar-refractivity contribution in [3.05, 3.63) is 35.8 Å². The molecule has 0 heteroatoms. The normalized spacial score (nSPS) is 24.8. The van der Waals surface area contributed by atoms with Crippen LogP contribution < -0.4 is 0 Å². The molecule has 1 aliphatic rings. The van der Waals surface area contributed by atoms with Crippen LogP contribution >= 0.6 is 0 Å². The number of hydrogen-bond acceptors (Lipinski definition) is 0. The van der Waals surface area contributed by atoms with E-state index in [4.69, 9.17) is 0 Å². The third kappa shape index (κ3) is 5.78. The minimum absolute atomic E-state index is 0.830. The van der Waals surface area contributed by atoms with Crippen molar-refractivity contribution in [1.82, 2.24) is 0 Å². The Hall–Kier alpha value is -0.960. The molecule has 0 radical (unpaired) electrons. The fourth-order valence-electron chi connectivity index (χ4n) is 2.60. The van der Waals surface area contributed by atoms with Crippen molar-refractivity contribution < 1.29 is 0 Å². The Balaban J connectivity index is 2.59. The fraction of sp³-hybridized carbons (Fsp3) is 0.647. The highest BCUT2D eigenvalue weighted by Gasteiger charge is 2.15. The Morgan fingerprint density at radius 2 is 2.00 bits per heavy atom. The number of allylic oxidation sites excluding steroid dienone is 3. The van der Waals surface area contributed by atoms with Crippen LogP contribution in [0.4, 0.5) is 0 Å². The van der Waals surface area contributed by atoms with Crippen LogP contribution in [0.5, 0.6) is 0 Å². The maximum Gasteiger partial charge on any atom is 0.00205 e. The zero-order valence-corrected chi connectivity index (χ0v) is 11.5. The van der Waals surface area contributed by atoms with E-state index in [1.807, 2.05) is 19.1 Å². The Kier molecular flexibility index (Phi) is 6.78. The average molecular weight is 230 g/mol. The Morgan fingerprint density at radius 3 is 2.71 bits per heavy atom. The Labute approximate surface area is 107 Å². The molecule has 0 aromatic rings. The average Bonchev–Trinajstić information content (AvgIpc) is 2.32. The predicted molar refractivity (Wildman–Crippen MR) is 76.0 cm³/mol. The van der Waals surface area contributed by atoms with Crippen molar-refractivity contribution in [3.8, 4) is 0 Å². The third-order valence-electron chi connectivity index (χ3n) is 3.76. The van der Waals surface area contributed by atoms with Crippen molar-refractivity contribution in [3.63, 3.8) is 0 Å². The highest BCUT2D eigenvalue weighted by atomic mass is 14.2. The van der Waals surface area contributed by atoms with E-state index in [-0.39, 0.29) is 0 Å². The lowest BCUT2D eigenvalue weighted by Gasteiger charge is -2.22. The molecule has 1 aliphatic carbocycles. The molecule has 0 spiro atoms. The Morgan fingerprint density at radius 1 is 1.24 bits per heavy atom. The first kappa shape index (κ1) is 14.1. The zero-order valence-electron chi connectivity index (χ0n) is 11.5. The molecule has 1 rings (SSSR count). The monoisotopic (exact) mass is 230 g/mol. The van der Waals surface area contributed by atoms with E-state index in [1.54, 1.807) is 0 Å². The van der Waals surface area contributed by atoms with E-state index < -0.39 is 0 Å². The molecule has 0 aromatic carbocycles. The van der Waals surface area contributed by atoms with Crippen LogP contribution in [-0.2, 0) is 0 Å². The lowest BCUT2D eigenvalue weighted by Crippen LogP contribution is -2.08. The highest BCUT2D eigenvalue weighted by Crippen LogP contribution is 2.29. The van der Waals surface area contributed by atoms with E-state index in [1.165, 1.54) is 44.1 Å². The molecule has 0 bridgehead atoms. The first-order chi connectivity index (χ1) is 8.26. The smallest absolute Gasteiger partial charge is 0.00205 e. The molecule has 0 nitrogen and oxygen atoms in total. The first-order valence-electron chi connectivity index (χ1n) is 7.04. The molecular formula is C17H26. The maximum absolute atomic E-state index is 3.88. The van der Waals surface area contributed by atoms with Crippen molar-refractivity contribution >= 4 is 0 Å². The predicted octanol–water partition coefficient (Wildman–Crippen LogP) is 5.43. The Bertz CT molecular complexity index is 322. The quantitative estimate of drug-likeness (QED) is 0.448. The number of hydrogen-bond donors (Lipinski definition) is 0. The number of rotatable bonds is 3. The fourth-order valence-corrected chi connectivity index (χ4v) is 2.60. The minimum atomic E-state index is 0.830. The molecule has 2 atom stereocenters. The molecule has 0 aromatic heterocycles. The second kappa shape index (κ2) is 8.18. The third-order valence-corrected chi connectivity index (χ3v) is 3.76. The van der Waals surface area contributed by atoms with Crippen LogP contribution in [0.25, 0.3) is 0 Å². The van der Waals surface area contributed by atoms with Crippen LogP contribution in [0.2, 0.25) is 0 Å². The van der Waals surface area contributed by atoms with Crippen LogP contribution in [0.1, 0.15) is 58.8 Å². The summed E-state index contributed by atoms with van der Waals surface area (Å²) < 4.78 is 0. The van der Waals surface area contributed by atoms with Crippen molar-refractivity contribution in [1.29, 1.82) is 0 Å². The molecule has 1 fully saturated rings. The van der Waals surface area contributed by atoms with E-state index >= 15 is 0 Å².